The van der Waals surface area contributed by atoms with Gasteiger partial charge < -0.3 is 8.97 Å². The van der Waals surface area contributed by atoms with Crippen molar-refractivity contribution in [1.29, 1.82) is 0 Å². The summed E-state index contributed by atoms with van der Waals surface area (Å²) in [5, 5.41) is 0. The second kappa shape index (κ2) is 5.37. The molecule has 1 spiro atoms. The molecule has 19 heavy (non-hydrogen) atoms. The van der Waals surface area contributed by atoms with Crippen LogP contribution >= 0.6 is 0 Å². The highest BCUT2D eigenvalue weighted by molar-refractivity contribution is 4.89. The van der Waals surface area contributed by atoms with Gasteiger partial charge in [0.05, 0.1) is 54.4 Å². The van der Waals surface area contributed by atoms with Crippen LogP contribution in [0.2, 0.25) is 0 Å². The lowest BCUT2D eigenvalue weighted by Gasteiger charge is -2.45. The minimum Gasteiger partial charge on any atom is -0.331 e. The Balaban J connectivity index is 1.78. The molecule has 0 radical (unpaired) electrons. The number of quaternary nitrogens is 2. The topological polar surface area (TPSA) is 0 Å². The largest absolute Gasteiger partial charge is 0.331 e. The molecule has 0 aromatic carbocycles. The van der Waals surface area contributed by atoms with E-state index >= 15 is 0 Å². The van der Waals surface area contributed by atoms with Crippen LogP contribution in [0.5, 0.6) is 0 Å². The van der Waals surface area contributed by atoms with Gasteiger partial charge in [-0.15, -0.1) is 0 Å². The van der Waals surface area contributed by atoms with Crippen molar-refractivity contribution in [2.24, 2.45) is 11.3 Å². The summed E-state index contributed by atoms with van der Waals surface area (Å²) in [6.07, 6.45) is 8.91. The van der Waals surface area contributed by atoms with Gasteiger partial charge in [-0.25, -0.2) is 0 Å². The van der Waals surface area contributed by atoms with Crippen LogP contribution in [0.15, 0.2) is 0 Å². The molecule has 1 atom stereocenters. The van der Waals surface area contributed by atoms with Crippen LogP contribution in [0.1, 0.15) is 45.4 Å². The van der Waals surface area contributed by atoms with Crippen LogP contribution in [0.3, 0.4) is 0 Å². The summed E-state index contributed by atoms with van der Waals surface area (Å²) < 4.78 is 2.46. The third-order valence-electron chi connectivity index (χ3n) is 5.84. The standard InChI is InChI=1S/C17H36N2/c1-16-7-8-17(15-16)9-13-19(5,14-10-17)12-6-11-18(2,3)4/h16H,6-15H2,1-5H3/q+2/t16-,17?,19?/m1/s1. The van der Waals surface area contributed by atoms with Crippen molar-refractivity contribution in [3.63, 3.8) is 0 Å². The molecule has 2 aliphatic rings. The number of likely N-dealkylation sites (tertiary alicyclic amines) is 1. The van der Waals surface area contributed by atoms with E-state index in [1.807, 2.05) is 0 Å². The van der Waals surface area contributed by atoms with E-state index in [2.05, 4.69) is 35.1 Å². The summed E-state index contributed by atoms with van der Waals surface area (Å²) in [5.41, 5.74) is 0.761. The number of hydrogen-bond acceptors (Lipinski definition) is 0. The maximum absolute atomic E-state index is 2.50. The Morgan fingerprint density at radius 1 is 1.11 bits per heavy atom. The molecule has 2 rings (SSSR count). The third kappa shape index (κ3) is 4.19. The normalized spacial score (nSPS) is 39.9. The van der Waals surface area contributed by atoms with Crippen molar-refractivity contribution in [3.05, 3.63) is 0 Å². The van der Waals surface area contributed by atoms with Gasteiger partial charge in [0.1, 0.15) is 0 Å². The molecule has 0 amide bonds. The van der Waals surface area contributed by atoms with Gasteiger partial charge in [0, 0.05) is 19.3 Å². The molecule has 112 valence electrons. The zero-order valence-electron chi connectivity index (χ0n) is 14.0. The van der Waals surface area contributed by atoms with Gasteiger partial charge in [-0.1, -0.05) is 13.3 Å². The molecule has 2 heteroatoms. The van der Waals surface area contributed by atoms with Crippen LogP contribution < -0.4 is 0 Å². The monoisotopic (exact) mass is 268 g/mol. The SMILES string of the molecule is C[C@@H]1CCC2(CC[N+](C)(CCC[N+](C)(C)C)CC2)C1. The van der Waals surface area contributed by atoms with Gasteiger partial charge in [-0.05, 0) is 24.2 Å². The predicted molar refractivity (Wildman–Crippen MR) is 83.0 cm³/mol. The molecule has 1 heterocycles. The van der Waals surface area contributed by atoms with E-state index in [0.717, 1.165) is 15.8 Å². The summed E-state index contributed by atoms with van der Waals surface area (Å²) >= 11 is 0. The quantitative estimate of drug-likeness (QED) is 0.687. The first-order chi connectivity index (χ1) is 8.72. The molecule has 1 aliphatic heterocycles. The summed E-state index contributed by atoms with van der Waals surface area (Å²) in [6.45, 7) is 8.03. The van der Waals surface area contributed by atoms with E-state index in [4.69, 9.17) is 0 Å². The van der Waals surface area contributed by atoms with Crippen LogP contribution in [0.25, 0.3) is 0 Å². The molecular weight excluding hydrogens is 232 g/mol. The summed E-state index contributed by atoms with van der Waals surface area (Å²) in [5.74, 6) is 0.995. The Kier molecular flexibility index (Phi) is 4.32. The van der Waals surface area contributed by atoms with E-state index in [1.165, 1.54) is 69.2 Å². The molecule has 1 saturated carbocycles. The van der Waals surface area contributed by atoms with Crippen molar-refractivity contribution in [3.8, 4) is 0 Å². The van der Waals surface area contributed by atoms with E-state index in [0.29, 0.717) is 0 Å². The van der Waals surface area contributed by atoms with Gasteiger partial charge in [-0.3, -0.25) is 0 Å². The average Bonchev–Trinajstić information content (AvgIpc) is 2.64. The second-order valence-electron chi connectivity index (χ2n) is 9.01. The minimum atomic E-state index is 0.761. The third-order valence-corrected chi connectivity index (χ3v) is 5.84. The minimum absolute atomic E-state index is 0.761. The number of piperidine rings is 1. The fourth-order valence-corrected chi connectivity index (χ4v) is 4.35. The lowest BCUT2D eigenvalue weighted by Crippen LogP contribution is -2.53. The Bertz CT molecular complexity index is 295. The Labute approximate surface area is 121 Å². The van der Waals surface area contributed by atoms with Gasteiger partial charge in [0.15, 0.2) is 0 Å². The average molecular weight is 268 g/mol. The van der Waals surface area contributed by atoms with Gasteiger partial charge in [0.2, 0.25) is 0 Å². The first-order valence-electron chi connectivity index (χ1n) is 8.36. The number of nitrogens with zero attached hydrogens (tertiary/aromatic N) is 2. The molecule has 0 aromatic heterocycles. The summed E-state index contributed by atoms with van der Waals surface area (Å²) in [4.78, 5) is 0. The van der Waals surface area contributed by atoms with E-state index < -0.39 is 0 Å². The lowest BCUT2D eigenvalue weighted by molar-refractivity contribution is -0.923. The lowest BCUT2D eigenvalue weighted by atomic mass is 9.75. The maximum Gasteiger partial charge on any atom is 0.0838 e. The van der Waals surface area contributed by atoms with Crippen LogP contribution in [-0.2, 0) is 0 Å². The van der Waals surface area contributed by atoms with Crippen molar-refractivity contribution < 1.29 is 8.97 Å². The van der Waals surface area contributed by atoms with Gasteiger partial charge in [-0.2, -0.15) is 0 Å². The smallest absolute Gasteiger partial charge is 0.0838 e. The predicted octanol–water partition coefficient (Wildman–Crippen LogP) is 3.13. The van der Waals surface area contributed by atoms with Crippen LogP contribution in [0, 0.1) is 11.3 Å². The number of hydrogen-bond donors (Lipinski definition) is 0. The Morgan fingerprint density at radius 2 is 1.74 bits per heavy atom. The molecule has 1 aliphatic carbocycles. The Hall–Kier alpha value is -0.0800. The van der Waals surface area contributed by atoms with Gasteiger partial charge in [0.25, 0.3) is 0 Å². The van der Waals surface area contributed by atoms with Crippen molar-refractivity contribution in [2.45, 2.75) is 45.4 Å². The van der Waals surface area contributed by atoms with Gasteiger partial charge >= 0.3 is 0 Å². The molecule has 2 fully saturated rings. The highest BCUT2D eigenvalue weighted by Gasteiger charge is 2.44. The second-order valence-corrected chi connectivity index (χ2v) is 9.01. The van der Waals surface area contributed by atoms with Crippen LogP contribution in [0.4, 0.5) is 0 Å². The van der Waals surface area contributed by atoms with E-state index in [1.54, 1.807) is 0 Å². The molecule has 1 saturated heterocycles. The highest BCUT2D eigenvalue weighted by Crippen LogP contribution is 2.49. The fraction of sp³-hybridized carbons (Fsp3) is 1.00. The number of rotatable bonds is 4. The molecule has 0 bridgehead atoms. The van der Waals surface area contributed by atoms with E-state index in [-0.39, 0.29) is 0 Å². The highest BCUT2D eigenvalue weighted by atomic mass is 15.3. The first-order valence-corrected chi connectivity index (χ1v) is 8.36. The molecular formula is C17H36N2+2. The molecule has 0 unspecified atom stereocenters. The first kappa shape index (κ1) is 15.3. The van der Waals surface area contributed by atoms with Crippen molar-refractivity contribution in [2.75, 3.05) is 54.4 Å². The summed E-state index contributed by atoms with van der Waals surface area (Å²) in [6, 6.07) is 0. The maximum atomic E-state index is 2.50. The molecule has 0 aromatic rings. The zero-order valence-corrected chi connectivity index (χ0v) is 14.0. The fourth-order valence-electron chi connectivity index (χ4n) is 4.35. The summed E-state index contributed by atoms with van der Waals surface area (Å²) in [7, 11) is 9.43. The van der Waals surface area contributed by atoms with Crippen LogP contribution in [-0.4, -0.2) is 63.3 Å². The Morgan fingerprint density at radius 3 is 2.21 bits per heavy atom. The molecule has 0 N–H and O–H groups in total. The van der Waals surface area contributed by atoms with E-state index in [9.17, 15) is 0 Å². The van der Waals surface area contributed by atoms with Crippen molar-refractivity contribution in [1.82, 2.24) is 0 Å². The van der Waals surface area contributed by atoms with Crippen molar-refractivity contribution >= 4 is 0 Å². The molecule has 2 nitrogen and oxygen atoms in total. The zero-order chi connectivity index (χ0) is 14.1.